The molecule has 1 saturated carbocycles. The fourth-order valence-corrected chi connectivity index (χ4v) is 3.09. The van der Waals surface area contributed by atoms with Gasteiger partial charge in [-0.25, -0.2) is 9.59 Å². The van der Waals surface area contributed by atoms with E-state index in [1.54, 1.807) is 20.8 Å². The number of aliphatic hydroxyl groups excluding tert-OH is 1. The molecule has 6 heteroatoms. The molecule has 2 bridgehead atoms. The number of fused-ring (bicyclic) bond motifs is 3. The quantitative estimate of drug-likeness (QED) is 0.748. The Morgan fingerprint density at radius 3 is 2.37 bits per heavy atom. The molecule has 0 unspecified atom stereocenters. The number of carbonyl (C=O) groups excluding carboxylic acids is 1. The van der Waals surface area contributed by atoms with Crippen molar-refractivity contribution in [3.63, 3.8) is 0 Å². The summed E-state index contributed by atoms with van der Waals surface area (Å²) >= 11 is 0. The minimum atomic E-state index is -1.02. The summed E-state index contributed by atoms with van der Waals surface area (Å²) in [6.45, 7) is 5.21. The van der Waals surface area contributed by atoms with Crippen molar-refractivity contribution < 1.29 is 24.5 Å². The van der Waals surface area contributed by atoms with Crippen LogP contribution in [0.2, 0.25) is 0 Å². The van der Waals surface area contributed by atoms with Gasteiger partial charge in [-0.05, 0) is 46.0 Å². The first-order valence-electron chi connectivity index (χ1n) is 6.63. The van der Waals surface area contributed by atoms with Crippen LogP contribution in [0.4, 0.5) is 4.79 Å². The molecule has 6 nitrogen and oxygen atoms in total. The predicted octanol–water partition coefficient (Wildman–Crippen LogP) is 1.22. The highest BCUT2D eigenvalue weighted by Crippen LogP contribution is 2.40. The van der Waals surface area contributed by atoms with Crippen LogP contribution in [0.1, 0.15) is 40.0 Å². The Bertz CT molecular complexity index is 389. The molecule has 2 aliphatic heterocycles. The van der Waals surface area contributed by atoms with Crippen LogP contribution in [0, 0.1) is 5.92 Å². The third-order valence-electron chi connectivity index (χ3n) is 3.78. The van der Waals surface area contributed by atoms with Gasteiger partial charge in [-0.3, -0.25) is 4.90 Å². The van der Waals surface area contributed by atoms with Crippen molar-refractivity contribution in [3.05, 3.63) is 0 Å². The molecule has 0 aromatic heterocycles. The molecule has 2 saturated heterocycles. The fourth-order valence-electron chi connectivity index (χ4n) is 3.09. The molecular formula is C13H21NO5. The van der Waals surface area contributed by atoms with Gasteiger partial charge in [-0.15, -0.1) is 0 Å². The zero-order valence-corrected chi connectivity index (χ0v) is 11.5. The van der Waals surface area contributed by atoms with Crippen molar-refractivity contribution in [2.24, 2.45) is 5.92 Å². The van der Waals surface area contributed by atoms with Crippen LogP contribution in [0.25, 0.3) is 0 Å². The molecule has 3 rings (SSSR count). The summed E-state index contributed by atoms with van der Waals surface area (Å²) in [5.41, 5.74) is -0.679. The highest BCUT2D eigenvalue weighted by molar-refractivity contribution is 5.81. The number of aliphatic hydroxyl groups is 1. The van der Waals surface area contributed by atoms with E-state index < -0.39 is 35.9 Å². The number of nitrogens with zero attached hydrogens (tertiary/aromatic N) is 1. The Labute approximate surface area is 112 Å². The van der Waals surface area contributed by atoms with Crippen molar-refractivity contribution in [1.29, 1.82) is 0 Å². The van der Waals surface area contributed by atoms with Gasteiger partial charge < -0.3 is 14.9 Å². The molecule has 4 atom stereocenters. The third-order valence-corrected chi connectivity index (χ3v) is 3.78. The Morgan fingerprint density at radius 2 is 1.89 bits per heavy atom. The normalized spacial score (nSPS) is 34.2. The number of carboxylic acids is 1. The van der Waals surface area contributed by atoms with E-state index in [4.69, 9.17) is 4.74 Å². The molecule has 0 spiro atoms. The molecule has 3 fully saturated rings. The Kier molecular flexibility index (Phi) is 3.47. The third kappa shape index (κ3) is 2.68. The maximum Gasteiger partial charge on any atom is 0.411 e. The van der Waals surface area contributed by atoms with E-state index in [-0.39, 0.29) is 5.92 Å². The summed E-state index contributed by atoms with van der Waals surface area (Å²) < 4.78 is 5.27. The standard InChI is InChI=1S/C13H21NO5/c1-13(2,3)19-12(18)14-8-5-4-7(6-9(8)15)10(14)11(16)17/h7-10,15H,4-6H2,1-3H3,(H,16,17)/t7-,8+,9-,10+/m1/s1. The first kappa shape index (κ1) is 14.1. The largest absolute Gasteiger partial charge is 0.480 e. The maximum atomic E-state index is 12.2. The second-order valence-corrected chi connectivity index (χ2v) is 6.38. The van der Waals surface area contributed by atoms with Crippen LogP contribution in [0.3, 0.4) is 0 Å². The van der Waals surface area contributed by atoms with E-state index in [9.17, 15) is 19.8 Å². The lowest BCUT2D eigenvalue weighted by molar-refractivity contribution is -0.158. The van der Waals surface area contributed by atoms with Crippen molar-refractivity contribution >= 4 is 12.1 Å². The second kappa shape index (κ2) is 4.67. The number of rotatable bonds is 1. The van der Waals surface area contributed by atoms with Crippen molar-refractivity contribution in [2.45, 2.75) is 63.8 Å². The van der Waals surface area contributed by atoms with Crippen LogP contribution in [-0.4, -0.2) is 51.0 Å². The number of ether oxygens (including phenoxy) is 1. The molecule has 1 amide bonds. The number of carboxylic acid groups (broad SMARTS) is 1. The lowest BCUT2D eigenvalue weighted by Gasteiger charge is -2.51. The van der Waals surface area contributed by atoms with Crippen molar-refractivity contribution in [1.82, 2.24) is 4.90 Å². The molecule has 2 N–H and O–H groups in total. The molecular weight excluding hydrogens is 250 g/mol. The van der Waals surface area contributed by atoms with E-state index in [1.807, 2.05) is 0 Å². The monoisotopic (exact) mass is 271 g/mol. The zero-order valence-electron chi connectivity index (χ0n) is 11.5. The van der Waals surface area contributed by atoms with Crippen molar-refractivity contribution in [3.8, 4) is 0 Å². The Hall–Kier alpha value is -1.30. The highest BCUT2D eigenvalue weighted by Gasteiger charge is 2.52. The number of hydrogen-bond acceptors (Lipinski definition) is 4. The van der Waals surface area contributed by atoms with E-state index in [1.165, 1.54) is 4.90 Å². The predicted molar refractivity (Wildman–Crippen MR) is 66.6 cm³/mol. The van der Waals surface area contributed by atoms with Crippen molar-refractivity contribution in [2.75, 3.05) is 0 Å². The summed E-state index contributed by atoms with van der Waals surface area (Å²) in [7, 11) is 0. The van der Waals surface area contributed by atoms with E-state index in [0.717, 1.165) is 6.42 Å². The lowest BCUT2D eigenvalue weighted by Crippen LogP contribution is -2.65. The first-order chi connectivity index (χ1) is 8.70. The molecule has 108 valence electrons. The molecule has 3 aliphatic rings. The number of amides is 1. The number of piperidine rings is 2. The van der Waals surface area contributed by atoms with Gasteiger partial charge >= 0.3 is 12.1 Å². The van der Waals surface area contributed by atoms with Crippen LogP contribution >= 0.6 is 0 Å². The summed E-state index contributed by atoms with van der Waals surface area (Å²) in [4.78, 5) is 24.8. The SMILES string of the molecule is CC(C)(C)OC(=O)N1[C@H](C(=O)O)[C@@H]2CC[C@H]1[C@H](O)C2. The number of carbonyl (C=O) groups is 2. The summed E-state index contributed by atoms with van der Waals surface area (Å²) in [6, 6.07) is -1.32. The first-order valence-corrected chi connectivity index (χ1v) is 6.63. The lowest BCUT2D eigenvalue weighted by atomic mass is 9.73. The maximum absolute atomic E-state index is 12.2. The molecule has 0 aromatic carbocycles. The molecule has 2 heterocycles. The van der Waals surface area contributed by atoms with Gasteiger partial charge in [0, 0.05) is 0 Å². The second-order valence-electron chi connectivity index (χ2n) is 6.38. The van der Waals surface area contributed by atoms with Crippen LogP contribution in [0.15, 0.2) is 0 Å². The van der Waals surface area contributed by atoms with Gasteiger partial charge in [0.05, 0.1) is 12.1 Å². The Balaban J connectivity index is 2.24. The van der Waals surface area contributed by atoms with Gasteiger partial charge in [0.1, 0.15) is 11.6 Å². The molecule has 0 radical (unpaired) electrons. The van der Waals surface area contributed by atoms with Crippen LogP contribution in [-0.2, 0) is 9.53 Å². The molecule has 1 aliphatic carbocycles. The smallest absolute Gasteiger partial charge is 0.411 e. The highest BCUT2D eigenvalue weighted by atomic mass is 16.6. The summed E-state index contributed by atoms with van der Waals surface area (Å²) in [6.07, 6.45) is 0.517. The summed E-state index contributed by atoms with van der Waals surface area (Å²) in [5, 5.41) is 19.3. The minimum Gasteiger partial charge on any atom is -0.480 e. The van der Waals surface area contributed by atoms with E-state index >= 15 is 0 Å². The van der Waals surface area contributed by atoms with Gasteiger partial charge in [-0.2, -0.15) is 0 Å². The average molecular weight is 271 g/mol. The van der Waals surface area contributed by atoms with Crippen LogP contribution in [0.5, 0.6) is 0 Å². The Morgan fingerprint density at radius 1 is 1.26 bits per heavy atom. The van der Waals surface area contributed by atoms with E-state index in [2.05, 4.69) is 0 Å². The van der Waals surface area contributed by atoms with E-state index in [0.29, 0.717) is 12.8 Å². The fraction of sp³-hybridized carbons (Fsp3) is 0.846. The van der Waals surface area contributed by atoms with Gasteiger partial charge in [0.15, 0.2) is 0 Å². The minimum absolute atomic E-state index is 0.190. The number of hydrogen-bond donors (Lipinski definition) is 2. The van der Waals surface area contributed by atoms with Gasteiger partial charge in [-0.1, -0.05) is 0 Å². The topological polar surface area (TPSA) is 87.1 Å². The zero-order chi connectivity index (χ0) is 14.4. The van der Waals surface area contributed by atoms with Gasteiger partial charge in [0.2, 0.25) is 0 Å². The molecule has 19 heavy (non-hydrogen) atoms. The number of aliphatic carboxylic acids is 1. The molecule has 0 aromatic rings. The van der Waals surface area contributed by atoms with Gasteiger partial charge in [0.25, 0.3) is 0 Å². The van der Waals surface area contributed by atoms with Crippen LogP contribution < -0.4 is 0 Å². The average Bonchev–Trinajstić information content (AvgIpc) is 2.25. The summed E-state index contributed by atoms with van der Waals surface area (Å²) in [5.74, 6) is -1.21.